The van der Waals surface area contributed by atoms with Gasteiger partial charge >= 0.3 is 0 Å². The van der Waals surface area contributed by atoms with Crippen LogP contribution in [-0.4, -0.2) is 60.7 Å². The van der Waals surface area contributed by atoms with Gasteiger partial charge in [0, 0.05) is 37.7 Å². The molecule has 0 amide bonds. The van der Waals surface area contributed by atoms with Crippen LogP contribution in [0, 0.1) is 0 Å². The van der Waals surface area contributed by atoms with Crippen LogP contribution >= 0.6 is 11.6 Å². The van der Waals surface area contributed by atoms with Crippen molar-refractivity contribution in [1.82, 2.24) is 19.9 Å². The fourth-order valence-electron chi connectivity index (χ4n) is 4.08. The van der Waals surface area contributed by atoms with E-state index in [0.29, 0.717) is 21.7 Å². The zero-order valence-electron chi connectivity index (χ0n) is 17.1. The molecular weight excluding hydrogens is 424 g/mol. The predicted octanol–water partition coefficient (Wildman–Crippen LogP) is 2.76. The Labute approximate surface area is 184 Å². The maximum absolute atomic E-state index is 12.2. The molecule has 0 radical (unpaired) electrons. The van der Waals surface area contributed by atoms with Crippen LogP contribution in [0.3, 0.4) is 0 Å². The van der Waals surface area contributed by atoms with Gasteiger partial charge in [-0.25, -0.2) is 15.0 Å². The first kappa shape index (κ1) is 21.4. The molecule has 1 saturated heterocycles. The number of anilines is 2. The van der Waals surface area contributed by atoms with Gasteiger partial charge in [-0.2, -0.15) is 4.98 Å². The zero-order chi connectivity index (χ0) is 21.1. The van der Waals surface area contributed by atoms with Crippen molar-refractivity contribution >= 4 is 34.2 Å². The monoisotopic (exact) mass is 450 g/mol. The molecule has 2 atom stereocenters. The van der Waals surface area contributed by atoms with Gasteiger partial charge in [0.25, 0.3) is 0 Å². The lowest BCUT2D eigenvalue weighted by atomic mass is 9.77. The van der Waals surface area contributed by atoms with E-state index in [4.69, 9.17) is 16.6 Å². The summed E-state index contributed by atoms with van der Waals surface area (Å²) in [5.74, 6) is 2.30. The normalized spacial score (nSPS) is 22.1. The lowest BCUT2D eigenvalue weighted by Crippen LogP contribution is -2.48. The van der Waals surface area contributed by atoms with E-state index in [0.717, 1.165) is 57.4 Å². The predicted molar refractivity (Wildman–Crippen MR) is 118 cm³/mol. The van der Waals surface area contributed by atoms with Crippen molar-refractivity contribution in [2.75, 3.05) is 36.2 Å². The number of aliphatic hydroxyl groups excluding tert-OH is 1. The Morgan fingerprint density at radius 2 is 1.97 bits per heavy atom. The Bertz CT molecular complexity index is 903. The molecule has 8 nitrogen and oxygen atoms in total. The minimum atomic E-state index is -1.22. The highest BCUT2D eigenvalue weighted by Gasteiger charge is 2.37. The molecule has 2 aliphatic rings. The summed E-state index contributed by atoms with van der Waals surface area (Å²) in [6, 6.07) is 0. The highest BCUT2D eigenvalue weighted by molar-refractivity contribution is 7.84. The molecule has 1 aliphatic carbocycles. The van der Waals surface area contributed by atoms with E-state index in [-0.39, 0.29) is 18.1 Å². The van der Waals surface area contributed by atoms with E-state index in [1.807, 2.05) is 0 Å². The summed E-state index contributed by atoms with van der Waals surface area (Å²) in [7, 11) is -1.22. The molecule has 2 fully saturated rings. The number of nitrogens with zero attached hydrogens (tertiary/aromatic N) is 5. The fourth-order valence-corrected chi connectivity index (χ4v) is 4.75. The molecule has 4 rings (SSSR count). The molecule has 2 aromatic rings. The maximum atomic E-state index is 12.2. The van der Waals surface area contributed by atoms with Crippen LogP contribution in [0.2, 0.25) is 5.02 Å². The van der Waals surface area contributed by atoms with E-state index in [1.54, 1.807) is 24.8 Å². The van der Waals surface area contributed by atoms with Crippen molar-refractivity contribution in [2.24, 2.45) is 0 Å². The quantitative estimate of drug-likeness (QED) is 0.692. The summed E-state index contributed by atoms with van der Waals surface area (Å²) in [5, 5.41) is 13.7. The SMILES string of the molecule is C[S@@](=O)c1cnc(N2CCCC(c3ncc(Cl)cn3)CC2)nc1NC1(CO)CCC1. The second kappa shape index (κ2) is 9.11. The first-order chi connectivity index (χ1) is 14.5. The van der Waals surface area contributed by atoms with Gasteiger partial charge in [-0.05, 0) is 38.5 Å². The van der Waals surface area contributed by atoms with Gasteiger partial charge in [0.05, 0.1) is 39.1 Å². The van der Waals surface area contributed by atoms with Gasteiger partial charge in [0.1, 0.15) is 11.6 Å². The molecule has 2 aromatic heterocycles. The van der Waals surface area contributed by atoms with Gasteiger partial charge in [-0.3, -0.25) is 4.21 Å². The Morgan fingerprint density at radius 1 is 1.20 bits per heavy atom. The summed E-state index contributed by atoms with van der Waals surface area (Å²) in [6.45, 7) is 1.66. The largest absolute Gasteiger partial charge is 0.394 e. The van der Waals surface area contributed by atoms with Gasteiger partial charge in [0.15, 0.2) is 0 Å². The number of aromatic nitrogens is 4. The van der Waals surface area contributed by atoms with Gasteiger partial charge < -0.3 is 15.3 Å². The Kier molecular flexibility index (Phi) is 6.50. The minimum absolute atomic E-state index is 0.0363. The molecule has 3 heterocycles. The summed E-state index contributed by atoms with van der Waals surface area (Å²) in [6.07, 6.45) is 12.3. The summed E-state index contributed by atoms with van der Waals surface area (Å²) in [5.41, 5.74) is -0.366. The molecule has 1 saturated carbocycles. The van der Waals surface area contributed by atoms with E-state index in [2.05, 4.69) is 25.2 Å². The molecule has 2 N–H and O–H groups in total. The first-order valence-electron chi connectivity index (χ1n) is 10.3. The molecule has 1 aliphatic heterocycles. The minimum Gasteiger partial charge on any atom is -0.394 e. The molecule has 10 heteroatoms. The fraction of sp³-hybridized carbons (Fsp3) is 0.600. The standard InChI is InChI=1S/C20H27ClN6O2S/c1-30(29)16-12-24-19(25-18(16)26-20(13-28)6-3-7-20)27-8-2-4-14(5-9-27)17-22-10-15(21)11-23-17/h10-12,14,28H,2-9,13H2,1H3,(H,24,25,26)/t14?,30-/m1/s1. The lowest BCUT2D eigenvalue weighted by Gasteiger charge is -2.41. The van der Waals surface area contributed by atoms with Crippen molar-refractivity contribution in [3.05, 3.63) is 29.4 Å². The van der Waals surface area contributed by atoms with Crippen LogP contribution in [0.4, 0.5) is 11.8 Å². The van der Waals surface area contributed by atoms with Crippen molar-refractivity contribution in [1.29, 1.82) is 0 Å². The number of rotatable bonds is 6. The smallest absolute Gasteiger partial charge is 0.227 e. The van der Waals surface area contributed by atoms with Crippen LogP contribution in [0.1, 0.15) is 50.3 Å². The number of halogens is 1. The first-order valence-corrected chi connectivity index (χ1v) is 12.3. The molecule has 1 unspecified atom stereocenters. The van der Waals surface area contributed by atoms with Crippen molar-refractivity contribution in [3.8, 4) is 0 Å². The van der Waals surface area contributed by atoms with Gasteiger partial charge in [0.2, 0.25) is 5.95 Å². The van der Waals surface area contributed by atoms with Gasteiger partial charge in [-0.15, -0.1) is 0 Å². The summed E-state index contributed by atoms with van der Waals surface area (Å²) < 4.78 is 12.2. The van der Waals surface area contributed by atoms with Crippen LogP contribution in [0.25, 0.3) is 0 Å². The second-order valence-corrected chi connectivity index (χ2v) is 9.91. The van der Waals surface area contributed by atoms with Crippen molar-refractivity contribution in [3.63, 3.8) is 0 Å². The topological polar surface area (TPSA) is 104 Å². The third-order valence-electron chi connectivity index (χ3n) is 6.07. The highest BCUT2D eigenvalue weighted by atomic mass is 35.5. The van der Waals surface area contributed by atoms with Crippen LogP contribution in [0.15, 0.2) is 23.5 Å². The van der Waals surface area contributed by atoms with E-state index >= 15 is 0 Å². The van der Waals surface area contributed by atoms with Crippen LogP contribution in [0.5, 0.6) is 0 Å². The van der Waals surface area contributed by atoms with Crippen molar-refractivity contribution in [2.45, 2.75) is 54.9 Å². The average molecular weight is 451 g/mol. The molecular formula is C20H27ClN6O2S. The third kappa shape index (κ3) is 4.58. The second-order valence-electron chi connectivity index (χ2n) is 8.13. The Hall–Kier alpha value is -1.84. The van der Waals surface area contributed by atoms with Crippen LogP contribution < -0.4 is 10.2 Å². The molecule has 0 bridgehead atoms. The summed E-state index contributed by atoms with van der Waals surface area (Å²) >= 11 is 5.91. The van der Waals surface area contributed by atoms with Crippen LogP contribution in [-0.2, 0) is 10.8 Å². The summed E-state index contributed by atoms with van der Waals surface area (Å²) in [4.78, 5) is 20.8. The van der Waals surface area contributed by atoms with Crippen molar-refractivity contribution < 1.29 is 9.32 Å². The third-order valence-corrected chi connectivity index (χ3v) is 7.18. The highest BCUT2D eigenvalue weighted by Crippen LogP contribution is 2.36. The maximum Gasteiger partial charge on any atom is 0.227 e. The van der Waals surface area contributed by atoms with Gasteiger partial charge in [-0.1, -0.05) is 11.6 Å². The van der Waals surface area contributed by atoms with E-state index < -0.39 is 10.8 Å². The molecule has 162 valence electrons. The zero-order valence-corrected chi connectivity index (χ0v) is 18.6. The van der Waals surface area contributed by atoms with E-state index in [1.165, 1.54) is 0 Å². The average Bonchev–Trinajstić information content (AvgIpc) is 2.97. The number of hydrogen-bond acceptors (Lipinski definition) is 8. The number of aliphatic hydroxyl groups is 1. The number of nitrogens with one attached hydrogen (secondary N) is 1. The lowest BCUT2D eigenvalue weighted by molar-refractivity contribution is 0.143. The molecule has 30 heavy (non-hydrogen) atoms. The molecule has 0 aromatic carbocycles. The Morgan fingerprint density at radius 3 is 2.60 bits per heavy atom. The number of hydrogen-bond donors (Lipinski definition) is 2. The Balaban J connectivity index is 1.52. The molecule has 0 spiro atoms. The van der Waals surface area contributed by atoms with E-state index in [9.17, 15) is 9.32 Å².